The Balaban J connectivity index is 1.16. The van der Waals surface area contributed by atoms with E-state index in [1.807, 2.05) is 0 Å². The number of esters is 1. The van der Waals surface area contributed by atoms with Gasteiger partial charge in [-0.3, -0.25) is 0 Å². The molecular weight excluding hydrogens is 476 g/mol. The molecule has 8 unspecified atom stereocenters. The Morgan fingerprint density at radius 2 is 1.73 bits per heavy atom. The van der Waals surface area contributed by atoms with Crippen molar-refractivity contribution in [2.75, 3.05) is 6.61 Å². The van der Waals surface area contributed by atoms with E-state index in [-0.39, 0.29) is 34.7 Å². The van der Waals surface area contributed by atoms with Gasteiger partial charge < -0.3 is 34.6 Å². The zero-order chi connectivity index (χ0) is 26.3. The van der Waals surface area contributed by atoms with Gasteiger partial charge in [-0.15, -0.1) is 0 Å². The standard InChI is InChI=1S/C29H44O8/c1-15-23(31)24(32)25(33)26(36-15)37-18-6-9-27(2)17(13-18)4-5-21-20(27)7-10-28(3)19(8-11-29(21,28)34)16-12-22(30)35-14-16/h12,15,17-21,23-26,31-34H,4-11,13-14H2,1-3H3/t15?,17-,18-,19?,20?,21+,23?,24-,25-,26?,27?,28?,29?/m0/s1. The van der Waals surface area contributed by atoms with Gasteiger partial charge in [-0.25, -0.2) is 4.79 Å². The fourth-order valence-corrected chi connectivity index (χ4v) is 9.81. The van der Waals surface area contributed by atoms with Crippen LogP contribution in [0, 0.1) is 34.5 Å². The first-order valence-corrected chi connectivity index (χ1v) is 14.4. The van der Waals surface area contributed by atoms with Crippen LogP contribution in [0.1, 0.15) is 78.6 Å². The highest BCUT2D eigenvalue weighted by Gasteiger charge is 2.67. The molecule has 0 aromatic carbocycles. The molecule has 208 valence electrons. The summed E-state index contributed by atoms with van der Waals surface area (Å²) in [7, 11) is 0. The number of hydrogen-bond donors (Lipinski definition) is 4. The Labute approximate surface area is 219 Å². The van der Waals surface area contributed by atoms with Crippen LogP contribution in [0.2, 0.25) is 0 Å². The van der Waals surface area contributed by atoms with Gasteiger partial charge in [0.05, 0.1) is 17.8 Å². The van der Waals surface area contributed by atoms with E-state index in [1.165, 1.54) is 0 Å². The van der Waals surface area contributed by atoms with E-state index in [0.717, 1.165) is 63.4 Å². The fourth-order valence-electron chi connectivity index (χ4n) is 9.81. The molecule has 4 N–H and O–H groups in total. The number of aliphatic hydroxyl groups excluding tert-OH is 3. The molecule has 6 rings (SSSR count). The van der Waals surface area contributed by atoms with Gasteiger partial charge in [0.25, 0.3) is 0 Å². The molecule has 5 fully saturated rings. The van der Waals surface area contributed by atoms with Gasteiger partial charge in [0.1, 0.15) is 24.9 Å². The third-order valence-corrected chi connectivity index (χ3v) is 12.1. The maximum absolute atomic E-state index is 12.4. The normalized spacial score (nSPS) is 55.6. The van der Waals surface area contributed by atoms with Gasteiger partial charge in [0.2, 0.25) is 0 Å². The minimum atomic E-state index is -1.28. The smallest absolute Gasteiger partial charge is 0.331 e. The van der Waals surface area contributed by atoms with Crippen molar-refractivity contribution in [3.8, 4) is 0 Å². The Morgan fingerprint density at radius 1 is 0.946 bits per heavy atom. The lowest BCUT2D eigenvalue weighted by Gasteiger charge is -2.64. The molecule has 2 heterocycles. The monoisotopic (exact) mass is 520 g/mol. The predicted molar refractivity (Wildman–Crippen MR) is 133 cm³/mol. The summed E-state index contributed by atoms with van der Waals surface area (Å²) in [6.07, 6.45) is 4.88. The number of carbonyl (C=O) groups is 1. The highest BCUT2D eigenvalue weighted by Crippen LogP contribution is 2.70. The maximum atomic E-state index is 12.4. The number of hydrogen-bond acceptors (Lipinski definition) is 8. The van der Waals surface area contributed by atoms with Gasteiger partial charge in [0, 0.05) is 11.5 Å². The molecule has 8 nitrogen and oxygen atoms in total. The SMILES string of the molecule is CC1OC(O[C@H]2CCC3(C)C4CCC5(C)C(C6=CC(=O)OC6)CCC5(O)[C@@H]4CC[C@H]3C2)[C@@H](O)[C@@H](O)C1O. The molecule has 0 spiro atoms. The molecular formula is C29H44O8. The van der Waals surface area contributed by atoms with Crippen LogP contribution < -0.4 is 0 Å². The minimum absolute atomic E-state index is 0.0661. The molecule has 37 heavy (non-hydrogen) atoms. The van der Waals surface area contributed by atoms with Crippen molar-refractivity contribution in [2.45, 2.75) is 121 Å². The van der Waals surface area contributed by atoms with Crippen molar-refractivity contribution in [3.63, 3.8) is 0 Å². The molecule has 0 amide bonds. The zero-order valence-electron chi connectivity index (χ0n) is 22.3. The topological polar surface area (TPSA) is 126 Å². The molecule has 13 atom stereocenters. The average molecular weight is 521 g/mol. The second-order valence-corrected chi connectivity index (χ2v) is 13.5. The average Bonchev–Trinajstić information content (AvgIpc) is 3.41. The van der Waals surface area contributed by atoms with Crippen molar-refractivity contribution in [2.24, 2.45) is 34.5 Å². The van der Waals surface area contributed by atoms with Crippen LogP contribution in [0.25, 0.3) is 0 Å². The summed E-state index contributed by atoms with van der Waals surface area (Å²) in [4.78, 5) is 11.8. The lowest BCUT2D eigenvalue weighted by atomic mass is 9.43. The Kier molecular flexibility index (Phi) is 6.37. The summed E-state index contributed by atoms with van der Waals surface area (Å²) in [6, 6.07) is 0. The van der Waals surface area contributed by atoms with Crippen molar-refractivity contribution in [3.05, 3.63) is 11.6 Å². The number of fused-ring (bicyclic) bond motifs is 5. The van der Waals surface area contributed by atoms with Crippen molar-refractivity contribution in [1.82, 2.24) is 0 Å². The molecule has 6 aliphatic rings. The number of aliphatic hydroxyl groups is 4. The summed E-state index contributed by atoms with van der Waals surface area (Å²) in [6.45, 7) is 6.73. The highest BCUT2D eigenvalue weighted by molar-refractivity contribution is 5.85. The van der Waals surface area contributed by atoms with Crippen molar-refractivity contribution in [1.29, 1.82) is 0 Å². The number of cyclic esters (lactones) is 1. The minimum Gasteiger partial charge on any atom is -0.458 e. The summed E-state index contributed by atoms with van der Waals surface area (Å²) >= 11 is 0. The first kappa shape index (κ1) is 26.2. The van der Waals surface area contributed by atoms with E-state index in [0.29, 0.717) is 18.4 Å². The molecule has 0 bridgehead atoms. The van der Waals surface area contributed by atoms with E-state index in [1.54, 1.807) is 13.0 Å². The number of rotatable bonds is 3. The Morgan fingerprint density at radius 3 is 2.46 bits per heavy atom. The second-order valence-electron chi connectivity index (χ2n) is 13.5. The lowest BCUT2D eigenvalue weighted by molar-refractivity contribution is -0.310. The van der Waals surface area contributed by atoms with Gasteiger partial charge >= 0.3 is 5.97 Å². The van der Waals surface area contributed by atoms with Gasteiger partial charge in [0.15, 0.2) is 6.29 Å². The molecule has 0 aromatic heterocycles. The summed E-state index contributed by atoms with van der Waals surface area (Å²) < 4.78 is 17.2. The second kappa shape index (κ2) is 9.00. The lowest BCUT2D eigenvalue weighted by Crippen LogP contribution is -2.62. The van der Waals surface area contributed by atoms with Crippen molar-refractivity contribution < 1.29 is 39.4 Å². The van der Waals surface area contributed by atoms with Crippen LogP contribution in [-0.2, 0) is 19.0 Å². The van der Waals surface area contributed by atoms with E-state index in [9.17, 15) is 25.2 Å². The first-order valence-electron chi connectivity index (χ1n) is 14.4. The van der Waals surface area contributed by atoms with Gasteiger partial charge in [-0.1, -0.05) is 13.8 Å². The summed E-state index contributed by atoms with van der Waals surface area (Å²) in [5.41, 5.74) is 0.243. The molecule has 0 aromatic rings. The molecule has 0 radical (unpaired) electrons. The number of carbonyl (C=O) groups excluding carboxylic acids is 1. The third-order valence-electron chi connectivity index (χ3n) is 12.1. The Hall–Kier alpha value is -1.03. The van der Waals surface area contributed by atoms with Crippen molar-refractivity contribution >= 4 is 5.97 Å². The molecule has 8 heteroatoms. The zero-order valence-corrected chi connectivity index (χ0v) is 22.3. The third kappa shape index (κ3) is 3.80. The van der Waals surface area contributed by atoms with Gasteiger partial charge in [-0.2, -0.15) is 0 Å². The van der Waals surface area contributed by atoms with Crippen LogP contribution in [0.4, 0.5) is 0 Å². The fraction of sp³-hybridized carbons (Fsp3) is 0.897. The van der Waals surface area contributed by atoms with Gasteiger partial charge in [-0.05, 0) is 99.4 Å². The quantitative estimate of drug-likeness (QED) is 0.330. The van der Waals surface area contributed by atoms with Crippen LogP contribution in [0.3, 0.4) is 0 Å². The number of ether oxygens (including phenoxy) is 3. The summed E-state index contributed by atoms with van der Waals surface area (Å²) in [5, 5.41) is 43.0. The summed E-state index contributed by atoms with van der Waals surface area (Å²) in [5.74, 6) is 1.14. The van der Waals surface area contributed by atoms with Crippen LogP contribution in [0.5, 0.6) is 0 Å². The largest absolute Gasteiger partial charge is 0.458 e. The molecule has 2 aliphatic heterocycles. The highest BCUT2D eigenvalue weighted by atomic mass is 16.7. The van der Waals surface area contributed by atoms with E-state index in [2.05, 4.69) is 13.8 Å². The molecule has 1 saturated heterocycles. The Bertz CT molecular complexity index is 952. The van der Waals surface area contributed by atoms with E-state index < -0.39 is 36.3 Å². The molecule has 4 saturated carbocycles. The van der Waals surface area contributed by atoms with E-state index >= 15 is 0 Å². The first-order chi connectivity index (χ1) is 17.5. The van der Waals surface area contributed by atoms with E-state index in [4.69, 9.17) is 14.2 Å². The van der Waals surface area contributed by atoms with Crippen LogP contribution in [-0.4, -0.2) is 75.4 Å². The predicted octanol–water partition coefficient (Wildman–Crippen LogP) is 2.46. The van der Waals surface area contributed by atoms with Crippen LogP contribution >= 0.6 is 0 Å². The van der Waals surface area contributed by atoms with Crippen LogP contribution in [0.15, 0.2) is 11.6 Å². The maximum Gasteiger partial charge on any atom is 0.331 e. The molecule has 4 aliphatic carbocycles.